The highest BCUT2D eigenvalue weighted by Crippen LogP contribution is 2.34. The number of carbonyl (C=O) groups excluding carboxylic acids is 2. The third-order valence-corrected chi connectivity index (χ3v) is 9.07. The topological polar surface area (TPSA) is 105 Å². The number of ether oxygens (including phenoxy) is 2. The number of aryl methyl sites for hydroxylation is 1. The summed E-state index contributed by atoms with van der Waals surface area (Å²) in [6.45, 7) is 8.28. The van der Waals surface area contributed by atoms with E-state index in [1.54, 1.807) is 43.3 Å². The summed E-state index contributed by atoms with van der Waals surface area (Å²) in [7, 11) is -1.36. The van der Waals surface area contributed by atoms with Gasteiger partial charge in [0.2, 0.25) is 11.8 Å². The van der Waals surface area contributed by atoms with Gasteiger partial charge in [-0.3, -0.25) is 13.9 Å². The summed E-state index contributed by atoms with van der Waals surface area (Å²) in [4.78, 5) is 28.7. The van der Waals surface area contributed by atoms with Crippen LogP contribution in [0.15, 0.2) is 65.6 Å². The molecule has 0 saturated carbocycles. The third kappa shape index (κ3) is 8.55. The smallest absolute Gasteiger partial charge is 0.264 e. The number of hydrogen-bond acceptors (Lipinski definition) is 6. The molecule has 0 heterocycles. The van der Waals surface area contributed by atoms with Gasteiger partial charge in [-0.2, -0.15) is 0 Å². The third-order valence-electron chi connectivity index (χ3n) is 6.55. The van der Waals surface area contributed by atoms with Crippen molar-refractivity contribution < 1.29 is 27.5 Å². The van der Waals surface area contributed by atoms with Gasteiger partial charge in [-0.15, -0.1) is 0 Å². The predicted molar refractivity (Wildman–Crippen MR) is 170 cm³/mol. The standard InChI is InChI=1S/C31H37Cl2N3O6S/c1-20-8-12-24(13-9-20)43(39,40)36(23-11-15-27(41-6)28(17-23)42-7)19-29(37)35(21(2)30(38)34-31(3,4)5)18-22-10-14-25(32)26(33)16-22/h8-17,21H,18-19H2,1-7H3,(H,34,38). The normalized spacial score (nSPS) is 12.3. The number of sulfonamides is 1. The van der Waals surface area contributed by atoms with Crippen molar-refractivity contribution in [2.75, 3.05) is 25.1 Å². The fourth-order valence-electron chi connectivity index (χ4n) is 4.24. The second kappa shape index (κ2) is 13.9. The first-order valence-corrected chi connectivity index (χ1v) is 15.6. The number of nitrogens with one attached hydrogen (secondary N) is 1. The zero-order valence-electron chi connectivity index (χ0n) is 25.3. The second-order valence-corrected chi connectivity index (χ2v) is 13.7. The van der Waals surface area contributed by atoms with Crippen molar-refractivity contribution in [3.8, 4) is 11.5 Å². The van der Waals surface area contributed by atoms with E-state index in [0.29, 0.717) is 16.3 Å². The lowest BCUT2D eigenvalue weighted by molar-refractivity contribution is -0.140. The average molecular weight is 651 g/mol. The monoisotopic (exact) mass is 649 g/mol. The molecule has 0 aliphatic carbocycles. The van der Waals surface area contributed by atoms with Gasteiger partial charge in [0.05, 0.1) is 34.8 Å². The van der Waals surface area contributed by atoms with Gasteiger partial charge in [-0.1, -0.05) is 47.0 Å². The van der Waals surface area contributed by atoms with E-state index in [1.807, 2.05) is 27.7 Å². The molecular weight excluding hydrogens is 613 g/mol. The van der Waals surface area contributed by atoms with E-state index in [2.05, 4.69) is 5.32 Å². The number of hydrogen-bond donors (Lipinski definition) is 1. The Morgan fingerprint density at radius 1 is 0.907 bits per heavy atom. The lowest BCUT2D eigenvalue weighted by Gasteiger charge is -2.33. The summed E-state index contributed by atoms with van der Waals surface area (Å²) in [5.74, 6) is -0.353. The van der Waals surface area contributed by atoms with Crippen LogP contribution >= 0.6 is 23.2 Å². The molecule has 0 spiro atoms. The predicted octanol–water partition coefficient (Wildman–Crippen LogP) is 5.85. The zero-order chi connectivity index (χ0) is 32.1. The lowest BCUT2D eigenvalue weighted by Crippen LogP contribution is -2.54. The van der Waals surface area contributed by atoms with E-state index in [4.69, 9.17) is 32.7 Å². The Morgan fingerprint density at radius 3 is 2.09 bits per heavy atom. The molecule has 0 aliphatic heterocycles. The van der Waals surface area contributed by atoms with Crippen LogP contribution in [0.3, 0.4) is 0 Å². The number of amides is 2. The van der Waals surface area contributed by atoms with Crippen molar-refractivity contribution in [2.24, 2.45) is 0 Å². The highest BCUT2D eigenvalue weighted by Gasteiger charge is 2.34. The molecule has 1 unspecified atom stereocenters. The minimum absolute atomic E-state index is 0.00441. The van der Waals surface area contributed by atoms with Gasteiger partial charge in [-0.25, -0.2) is 8.42 Å². The Kier molecular flexibility index (Phi) is 11.0. The highest BCUT2D eigenvalue weighted by atomic mass is 35.5. The fourth-order valence-corrected chi connectivity index (χ4v) is 5.96. The molecule has 0 bridgehead atoms. The summed E-state index contributed by atoms with van der Waals surface area (Å²) in [6, 6.07) is 14.8. The number of rotatable bonds is 11. The van der Waals surface area contributed by atoms with E-state index in [-0.39, 0.29) is 27.9 Å². The average Bonchev–Trinajstić information content (AvgIpc) is 2.94. The van der Waals surface area contributed by atoms with Crippen molar-refractivity contribution in [3.63, 3.8) is 0 Å². The molecule has 0 aromatic heterocycles. The molecule has 1 atom stereocenters. The SMILES string of the molecule is COc1ccc(N(CC(=O)N(Cc2ccc(Cl)c(Cl)c2)C(C)C(=O)NC(C)(C)C)S(=O)(=O)c2ccc(C)cc2)cc1OC. The molecule has 232 valence electrons. The Hall–Kier alpha value is -3.47. The summed E-state index contributed by atoms with van der Waals surface area (Å²) >= 11 is 12.3. The van der Waals surface area contributed by atoms with Crippen molar-refractivity contribution in [2.45, 2.75) is 57.6 Å². The first-order valence-electron chi connectivity index (χ1n) is 13.4. The number of nitrogens with zero attached hydrogens (tertiary/aromatic N) is 2. The van der Waals surface area contributed by atoms with Gasteiger partial charge < -0.3 is 19.7 Å². The van der Waals surface area contributed by atoms with Gasteiger partial charge >= 0.3 is 0 Å². The maximum Gasteiger partial charge on any atom is 0.264 e. The largest absolute Gasteiger partial charge is 0.493 e. The molecule has 0 aliphatic rings. The molecule has 3 aromatic rings. The number of anilines is 1. The van der Waals surface area contributed by atoms with Crippen molar-refractivity contribution >= 4 is 50.7 Å². The minimum Gasteiger partial charge on any atom is -0.493 e. The van der Waals surface area contributed by atoms with Gasteiger partial charge in [0.25, 0.3) is 10.0 Å². The number of carbonyl (C=O) groups is 2. The van der Waals surface area contributed by atoms with E-state index < -0.39 is 40.0 Å². The fraction of sp³-hybridized carbons (Fsp3) is 0.355. The molecule has 43 heavy (non-hydrogen) atoms. The maximum atomic E-state index is 14.1. The van der Waals surface area contributed by atoms with Gasteiger partial charge in [0.15, 0.2) is 11.5 Å². The molecule has 1 N–H and O–H groups in total. The van der Waals surface area contributed by atoms with Gasteiger partial charge in [0.1, 0.15) is 12.6 Å². The van der Waals surface area contributed by atoms with Crippen LogP contribution in [0, 0.1) is 6.92 Å². The summed E-state index contributed by atoms with van der Waals surface area (Å²) < 4.78 is 39.9. The van der Waals surface area contributed by atoms with Crippen molar-refractivity contribution in [1.29, 1.82) is 0 Å². The first-order chi connectivity index (χ1) is 20.1. The second-order valence-electron chi connectivity index (χ2n) is 11.0. The molecule has 9 nitrogen and oxygen atoms in total. The molecular formula is C31H37Cl2N3O6S. The number of methoxy groups -OCH3 is 2. The van der Waals surface area contributed by atoms with E-state index in [1.165, 1.54) is 43.4 Å². The van der Waals surface area contributed by atoms with Crippen LogP contribution in [-0.4, -0.2) is 57.5 Å². The quantitative estimate of drug-likeness (QED) is 0.280. The Morgan fingerprint density at radius 2 is 1.53 bits per heavy atom. The number of halogens is 2. The Labute approximate surface area is 263 Å². The molecule has 0 saturated heterocycles. The highest BCUT2D eigenvalue weighted by molar-refractivity contribution is 7.92. The molecule has 0 fully saturated rings. The Bertz CT molecular complexity index is 1570. The molecule has 2 amide bonds. The van der Waals surface area contributed by atoms with Crippen LogP contribution in [0.25, 0.3) is 0 Å². The van der Waals surface area contributed by atoms with E-state index >= 15 is 0 Å². The minimum atomic E-state index is -4.25. The van der Waals surface area contributed by atoms with Crippen LogP contribution in [0.2, 0.25) is 10.0 Å². The lowest BCUT2D eigenvalue weighted by atomic mass is 10.1. The first kappa shape index (κ1) is 34.0. The molecule has 3 rings (SSSR count). The van der Waals surface area contributed by atoms with Gasteiger partial charge in [-0.05, 0) is 76.6 Å². The van der Waals surface area contributed by atoms with Crippen LogP contribution in [0.4, 0.5) is 5.69 Å². The molecule has 3 aromatic carbocycles. The summed E-state index contributed by atoms with van der Waals surface area (Å²) in [6.07, 6.45) is 0. The maximum absolute atomic E-state index is 14.1. The van der Waals surface area contributed by atoms with Crippen LogP contribution in [0.5, 0.6) is 11.5 Å². The van der Waals surface area contributed by atoms with Crippen LogP contribution in [0.1, 0.15) is 38.8 Å². The number of benzene rings is 3. The van der Waals surface area contributed by atoms with Crippen LogP contribution < -0.4 is 19.1 Å². The summed E-state index contributed by atoms with van der Waals surface area (Å²) in [5, 5.41) is 3.52. The van der Waals surface area contributed by atoms with Gasteiger partial charge in [0, 0.05) is 18.2 Å². The van der Waals surface area contributed by atoms with Crippen molar-refractivity contribution in [3.05, 3.63) is 81.8 Å². The molecule has 12 heteroatoms. The van der Waals surface area contributed by atoms with E-state index in [0.717, 1.165) is 9.87 Å². The van der Waals surface area contributed by atoms with Crippen molar-refractivity contribution in [1.82, 2.24) is 10.2 Å². The zero-order valence-corrected chi connectivity index (χ0v) is 27.6. The Balaban J connectivity index is 2.11. The molecule has 0 radical (unpaired) electrons. The van der Waals surface area contributed by atoms with Crippen LogP contribution in [-0.2, 0) is 26.2 Å². The summed E-state index contributed by atoms with van der Waals surface area (Å²) in [5.41, 5.74) is 1.09. The van der Waals surface area contributed by atoms with E-state index in [9.17, 15) is 18.0 Å².